The molecule has 0 saturated carbocycles. The second-order valence-electron chi connectivity index (χ2n) is 5.87. The van der Waals surface area contributed by atoms with Gasteiger partial charge in [0.15, 0.2) is 0 Å². The summed E-state index contributed by atoms with van der Waals surface area (Å²) in [4.78, 5) is 10.8. The number of carbonyl (C=O) groups is 1. The van der Waals surface area contributed by atoms with Crippen LogP contribution in [0.4, 0.5) is 0 Å². The van der Waals surface area contributed by atoms with Crippen LogP contribution < -0.4 is 64.4 Å². The van der Waals surface area contributed by atoms with Crippen molar-refractivity contribution >= 4 is 5.97 Å². The van der Waals surface area contributed by atoms with Gasteiger partial charge in [-0.3, -0.25) is 4.79 Å². The molecule has 0 bridgehead atoms. The van der Waals surface area contributed by atoms with Crippen LogP contribution in [0.25, 0.3) is 0 Å². The predicted molar refractivity (Wildman–Crippen MR) is 88.4 cm³/mol. The van der Waals surface area contributed by atoms with Crippen molar-refractivity contribution in [2.45, 2.75) is 96.9 Å². The minimum absolute atomic E-state index is 0. The molecule has 0 aromatic carbocycles. The standard InChI is InChI=1S/C17H35NO2.2Na.2H/c1-3-5-6-7-8-9-10-11-12-13-16(15-17(19)20)18-14-4-2;;;;/h16,18H,3-15H2,1-2H3,(H,19,20);;;;/q;2*+1;2*-1. The Morgan fingerprint density at radius 3 is 1.86 bits per heavy atom. The Balaban J connectivity index is -0.000000301. The molecule has 0 aliphatic rings. The topological polar surface area (TPSA) is 49.3 Å². The van der Waals surface area contributed by atoms with Crippen molar-refractivity contribution in [1.29, 1.82) is 0 Å². The van der Waals surface area contributed by atoms with E-state index in [0.717, 1.165) is 25.8 Å². The van der Waals surface area contributed by atoms with Gasteiger partial charge in [0, 0.05) is 6.04 Å². The van der Waals surface area contributed by atoms with Gasteiger partial charge in [-0.1, -0.05) is 71.6 Å². The van der Waals surface area contributed by atoms with E-state index in [2.05, 4.69) is 19.2 Å². The van der Waals surface area contributed by atoms with Crippen LogP contribution in [0, 0.1) is 0 Å². The molecule has 0 aliphatic carbocycles. The summed E-state index contributed by atoms with van der Waals surface area (Å²) in [5, 5.41) is 12.2. The van der Waals surface area contributed by atoms with Gasteiger partial charge in [-0.05, 0) is 19.4 Å². The molecule has 0 rings (SSSR count). The van der Waals surface area contributed by atoms with Crippen LogP contribution in [-0.2, 0) is 4.79 Å². The van der Waals surface area contributed by atoms with Gasteiger partial charge in [0.1, 0.15) is 0 Å². The van der Waals surface area contributed by atoms with Crippen LogP contribution >= 0.6 is 0 Å². The Bertz CT molecular complexity index is 239. The molecule has 0 fully saturated rings. The van der Waals surface area contributed by atoms with Gasteiger partial charge in [-0.25, -0.2) is 0 Å². The summed E-state index contributed by atoms with van der Waals surface area (Å²) in [6.45, 7) is 5.29. The van der Waals surface area contributed by atoms with Gasteiger partial charge >= 0.3 is 65.1 Å². The molecule has 0 amide bonds. The molecule has 0 aromatic heterocycles. The van der Waals surface area contributed by atoms with Crippen molar-refractivity contribution in [3.8, 4) is 0 Å². The van der Waals surface area contributed by atoms with Crippen molar-refractivity contribution in [2.24, 2.45) is 0 Å². The molecule has 0 aliphatic heterocycles. The smallest absolute Gasteiger partial charge is 1.00 e. The van der Waals surface area contributed by atoms with Crippen LogP contribution in [-0.4, -0.2) is 23.7 Å². The first-order valence-corrected chi connectivity index (χ1v) is 8.65. The molecule has 3 nitrogen and oxygen atoms in total. The van der Waals surface area contributed by atoms with Gasteiger partial charge in [0.05, 0.1) is 6.42 Å². The fourth-order valence-electron chi connectivity index (χ4n) is 2.54. The van der Waals surface area contributed by atoms with E-state index in [1.807, 2.05) is 0 Å². The van der Waals surface area contributed by atoms with Crippen molar-refractivity contribution in [3.63, 3.8) is 0 Å². The summed E-state index contributed by atoms with van der Waals surface area (Å²) in [5.74, 6) is -0.686. The molecule has 0 aromatic rings. The van der Waals surface area contributed by atoms with E-state index in [9.17, 15) is 4.79 Å². The van der Waals surface area contributed by atoms with Crippen molar-refractivity contribution in [3.05, 3.63) is 0 Å². The van der Waals surface area contributed by atoms with Crippen LogP contribution in [0.15, 0.2) is 0 Å². The van der Waals surface area contributed by atoms with E-state index in [0.29, 0.717) is 0 Å². The molecule has 5 heteroatoms. The molecule has 1 atom stereocenters. The number of hydrogen-bond acceptors (Lipinski definition) is 2. The van der Waals surface area contributed by atoms with E-state index >= 15 is 0 Å². The number of hydrogen-bond donors (Lipinski definition) is 2. The second-order valence-corrected chi connectivity index (χ2v) is 5.87. The fourth-order valence-corrected chi connectivity index (χ4v) is 2.54. The molecule has 0 heterocycles. The monoisotopic (exact) mass is 333 g/mol. The Kier molecular flexibility index (Phi) is 28.8. The van der Waals surface area contributed by atoms with Gasteiger partial charge in [0.2, 0.25) is 0 Å². The number of unbranched alkanes of at least 4 members (excludes halogenated alkanes) is 8. The molecule has 22 heavy (non-hydrogen) atoms. The maximum absolute atomic E-state index is 10.8. The Morgan fingerprint density at radius 2 is 1.41 bits per heavy atom. The minimum Gasteiger partial charge on any atom is -1.00 e. The second kappa shape index (κ2) is 22.4. The van der Waals surface area contributed by atoms with Crippen LogP contribution in [0.5, 0.6) is 0 Å². The van der Waals surface area contributed by atoms with Crippen LogP contribution in [0.1, 0.15) is 93.8 Å². The maximum Gasteiger partial charge on any atom is 1.00 e. The summed E-state index contributed by atoms with van der Waals surface area (Å²) in [6.07, 6.45) is 14.2. The SMILES string of the molecule is CCCCCCCCCCCC(CC(=O)O)NCCC.[H-].[H-].[Na+].[Na+]. The molecule has 1 unspecified atom stereocenters. The Labute approximate surface area is 185 Å². The first kappa shape index (κ1) is 28.2. The summed E-state index contributed by atoms with van der Waals surface area (Å²) in [6, 6.07) is 0.164. The predicted octanol–water partition coefficient (Wildman–Crippen LogP) is -1.02. The molecule has 0 saturated heterocycles. The van der Waals surface area contributed by atoms with Gasteiger partial charge in [-0.15, -0.1) is 0 Å². The molecule has 124 valence electrons. The first-order chi connectivity index (χ1) is 9.70. The van der Waals surface area contributed by atoms with Gasteiger partial charge in [-0.2, -0.15) is 0 Å². The van der Waals surface area contributed by atoms with Gasteiger partial charge < -0.3 is 13.3 Å². The third-order valence-corrected chi connectivity index (χ3v) is 3.76. The molecule has 0 spiro atoms. The maximum atomic E-state index is 10.8. The van der Waals surface area contributed by atoms with E-state index in [4.69, 9.17) is 5.11 Å². The van der Waals surface area contributed by atoms with Crippen molar-refractivity contribution < 1.29 is 71.9 Å². The van der Waals surface area contributed by atoms with Gasteiger partial charge in [0.25, 0.3) is 0 Å². The molecular formula is C17H37NNa2O2. The quantitative estimate of drug-likeness (QED) is 0.298. The fraction of sp³-hybridized carbons (Fsp3) is 0.941. The summed E-state index contributed by atoms with van der Waals surface area (Å²) in [7, 11) is 0. The third-order valence-electron chi connectivity index (χ3n) is 3.76. The number of nitrogens with one attached hydrogen (secondary N) is 1. The summed E-state index contributed by atoms with van der Waals surface area (Å²) in [5.41, 5.74) is 0. The van der Waals surface area contributed by atoms with E-state index in [1.54, 1.807) is 0 Å². The molecular weight excluding hydrogens is 296 g/mol. The average molecular weight is 333 g/mol. The van der Waals surface area contributed by atoms with E-state index in [1.165, 1.54) is 51.4 Å². The third kappa shape index (κ3) is 21.4. The Hall–Kier alpha value is 1.43. The number of carboxylic acids is 1. The van der Waals surface area contributed by atoms with Crippen LogP contribution in [0.3, 0.4) is 0 Å². The zero-order valence-electron chi connectivity index (χ0n) is 17.6. The normalized spacial score (nSPS) is 11.4. The van der Waals surface area contributed by atoms with E-state index in [-0.39, 0.29) is 74.4 Å². The molecule has 0 radical (unpaired) electrons. The zero-order valence-corrected chi connectivity index (χ0v) is 19.6. The number of aliphatic carboxylic acids is 1. The first-order valence-electron chi connectivity index (χ1n) is 8.65. The zero-order chi connectivity index (χ0) is 15.1. The van der Waals surface area contributed by atoms with Crippen LogP contribution in [0.2, 0.25) is 0 Å². The van der Waals surface area contributed by atoms with Crippen molar-refractivity contribution in [1.82, 2.24) is 5.32 Å². The minimum atomic E-state index is -0.686. The van der Waals surface area contributed by atoms with E-state index < -0.39 is 5.97 Å². The largest absolute Gasteiger partial charge is 1.00 e. The number of rotatable bonds is 15. The summed E-state index contributed by atoms with van der Waals surface area (Å²) >= 11 is 0. The summed E-state index contributed by atoms with van der Waals surface area (Å²) < 4.78 is 0. The Morgan fingerprint density at radius 1 is 0.909 bits per heavy atom. The molecule has 2 N–H and O–H groups in total. The van der Waals surface area contributed by atoms with Crippen molar-refractivity contribution in [2.75, 3.05) is 6.54 Å². The average Bonchev–Trinajstić information content (AvgIpc) is 2.42. The number of carboxylic acid groups (broad SMARTS) is 1.